The van der Waals surface area contributed by atoms with Crippen LogP contribution < -0.4 is 11.1 Å². The maximum absolute atomic E-state index is 12.0. The predicted octanol–water partition coefficient (Wildman–Crippen LogP) is 2.93. The fraction of sp³-hybridized carbons (Fsp3) is 0.312. The number of amides is 1. The number of hydrogen-bond acceptors (Lipinski definition) is 2. The van der Waals surface area contributed by atoms with Crippen LogP contribution in [0.25, 0.3) is 10.8 Å². The molecule has 1 aliphatic carbocycles. The second-order valence-electron chi connectivity index (χ2n) is 5.42. The van der Waals surface area contributed by atoms with Crippen molar-refractivity contribution >= 4 is 29.1 Å². The number of carbonyl (C=O) groups excluding carboxylic acids is 1. The van der Waals surface area contributed by atoms with Crippen molar-refractivity contribution in [2.75, 3.05) is 0 Å². The molecule has 1 atom stereocenters. The third kappa shape index (κ3) is 2.65. The van der Waals surface area contributed by atoms with Crippen molar-refractivity contribution in [1.29, 1.82) is 0 Å². The molecule has 3 N–H and O–H groups in total. The van der Waals surface area contributed by atoms with E-state index in [-0.39, 0.29) is 24.4 Å². The van der Waals surface area contributed by atoms with Gasteiger partial charge in [0, 0.05) is 0 Å². The Morgan fingerprint density at radius 2 is 1.85 bits per heavy atom. The van der Waals surface area contributed by atoms with E-state index in [4.69, 9.17) is 5.73 Å². The van der Waals surface area contributed by atoms with Crippen molar-refractivity contribution in [2.45, 2.75) is 31.3 Å². The van der Waals surface area contributed by atoms with Gasteiger partial charge in [-0.2, -0.15) is 0 Å². The van der Waals surface area contributed by atoms with Crippen LogP contribution in [0.2, 0.25) is 0 Å². The van der Waals surface area contributed by atoms with Gasteiger partial charge in [-0.25, -0.2) is 0 Å². The number of benzene rings is 2. The van der Waals surface area contributed by atoms with Crippen molar-refractivity contribution in [3.8, 4) is 0 Å². The van der Waals surface area contributed by atoms with Gasteiger partial charge in [0.15, 0.2) is 0 Å². The molecule has 0 heterocycles. The van der Waals surface area contributed by atoms with E-state index in [1.165, 1.54) is 10.8 Å². The lowest BCUT2D eigenvalue weighted by atomic mass is 9.99. The smallest absolute Gasteiger partial charge is 0.240 e. The van der Waals surface area contributed by atoms with E-state index in [0.29, 0.717) is 0 Å². The van der Waals surface area contributed by atoms with Crippen molar-refractivity contribution in [3.63, 3.8) is 0 Å². The Labute approximate surface area is 125 Å². The molecule has 1 fully saturated rings. The maximum Gasteiger partial charge on any atom is 0.240 e. The first kappa shape index (κ1) is 14.8. The van der Waals surface area contributed by atoms with Gasteiger partial charge in [-0.1, -0.05) is 42.5 Å². The summed E-state index contributed by atoms with van der Waals surface area (Å²) in [5.41, 5.74) is 6.44. The van der Waals surface area contributed by atoms with Crippen LogP contribution in [-0.2, 0) is 4.79 Å². The van der Waals surface area contributed by atoms with Gasteiger partial charge < -0.3 is 11.1 Å². The first-order valence-electron chi connectivity index (χ1n) is 6.68. The molecule has 3 rings (SSSR count). The Kier molecular flexibility index (Phi) is 4.02. The first-order chi connectivity index (χ1) is 9.10. The largest absolute Gasteiger partial charge is 0.348 e. The molecular formula is C16H19ClN2O. The molecular weight excluding hydrogens is 272 g/mol. The molecule has 0 spiro atoms. The van der Waals surface area contributed by atoms with Crippen molar-refractivity contribution < 1.29 is 4.79 Å². The molecule has 1 saturated carbocycles. The molecule has 1 amide bonds. The summed E-state index contributed by atoms with van der Waals surface area (Å²) in [6.45, 7) is 2.01. The van der Waals surface area contributed by atoms with Gasteiger partial charge in [-0.05, 0) is 36.1 Å². The number of nitrogens with two attached hydrogens (primary N) is 1. The molecule has 0 radical (unpaired) electrons. The lowest BCUT2D eigenvalue weighted by molar-refractivity contribution is -0.123. The third-order valence-electron chi connectivity index (χ3n) is 3.88. The molecule has 0 bridgehead atoms. The topological polar surface area (TPSA) is 55.1 Å². The van der Waals surface area contributed by atoms with Crippen LogP contribution in [0, 0.1) is 0 Å². The standard InChI is InChI=1S/C16H18N2O.ClH/c1-11(18-15(19)16(17)9-10-16)13-8-4-6-12-5-2-3-7-14(12)13;/h2-8,11H,9-10,17H2,1H3,(H,18,19);1H. The Hall–Kier alpha value is -1.58. The summed E-state index contributed by atoms with van der Waals surface area (Å²) in [7, 11) is 0. The van der Waals surface area contributed by atoms with Gasteiger partial charge >= 0.3 is 0 Å². The Morgan fingerprint density at radius 3 is 2.55 bits per heavy atom. The van der Waals surface area contributed by atoms with E-state index < -0.39 is 5.54 Å². The number of nitrogens with one attached hydrogen (secondary N) is 1. The van der Waals surface area contributed by atoms with Crippen LogP contribution in [-0.4, -0.2) is 11.4 Å². The number of halogens is 1. The van der Waals surface area contributed by atoms with Crippen molar-refractivity contribution in [2.24, 2.45) is 5.73 Å². The average Bonchev–Trinajstić information content (AvgIpc) is 3.17. The minimum atomic E-state index is -0.612. The van der Waals surface area contributed by atoms with E-state index in [1.807, 2.05) is 25.1 Å². The molecule has 2 aromatic carbocycles. The average molecular weight is 291 g/mol. The van der Waals surface area contributed by atoms with Crippen LogP contribution >= 0.6 is 12.4 Å². The molecule has 0 aromatic heterocycles. The number of hydrogen-bond donors (Lipinski definition) is 2. The Morgan fingerprint density at radius 1 is 1.20 bits per heavy atom. The number of carbonyl (C=O) groups is 1. The second kappa shape index (κ2) is 5.43. The van der Waals surface area contributed by atoms with Gasteiger partial charge in [0.25, 0.3) is 0 Å². The van der Waals surface area contributed by atoms with Crippen molar-refractivity contribution in [3.05, 3.63) is 48.0 Å². The summed E-state index contributed by atoms with van der Waals surface area (Å²) in [6.07, 6.45) is 1.59. The molecule has 1 unspecified atom stereocenters. The summed E-state index contributed by atoms with van der Waals surface area (Å²) in [5.74, 6) is -0.0343. The first-order valence-corrected chi connectivity index (χ1v) is 6.68. The van der Waals surface area contributed by atoms with Crippen molar-refractivity contribution in [1.82, 2.24) is 5.32 Å². The highest BCUT2D eigenvalue weighted by Crippen LogP contribution is 2.33. The second-order valence-corrected chi connectivity index (χ2v) is 5.42. The molecule has 20 heavy (non-hydrogen) atoms. The van der Waals surface area contributed by atoms with Gasteiger partial charge in [0.1, 0.15) is 0 Å². The summed E-state index contributed by atoms with van der Waals surface area (Å²) >= 11 is 0. The zero-order chi connectivity index (χ0) is 13.5. The minimum absolute atomic E-state index is 0. The van der Waals surface area contributed by atoms with Gasteiger partial charge in [0.05, 0.1) is 11.6 Å². The highest BCUT2D eigenvalue weighted by Gasteiger charge is 2.46. The fourth-order valence-corrected chi connectivity index (χ4v) is 2.41. The van der Waals surface area contributed by atoms with E-state index >= 15 is 0 Å². The van der Waals surface area contributed by atoms with E-state index in [0.717, 1.165) is 18.4 Å². The van der Waals surface area contributed by atoms with E-state index in [1.54, 1.807) is 0 Å². The molecule has 0 saturated heterocycles. The molecule has 2 aromatic rings. The van der Waals surface area contributed by atoms with E-state index in [2.05, 4.69) is 29.6 Å². The monoisotopic (exact) mass is 290 g/mol. The summed E-state index contributed by atoms with van der Waals surface area (Å²) in [5, 5.41) is 5.40. The Balaban J connectivity index is 0.00000147. The van der Waals surface area contributed by atoms with E-state index in [9.17, 15) is 4.79 Å². The van der Waals surface area contributed by atoms with Gasteiger partial charge in [-0.15, -0.1) is 12.4 Å². The molecule has 4 heteroatoms. The molecule has 1 aliphatic rings. The summed E-state index contributed by atoms with van der Waals surface area (Å²) in [4.78, 5) is 12.0. The van der Waals surface area contributed by atoms with Crippen LogP contribution in [0.5, 0.6) is 0 Å². The predicted molar refractivity (Wildman–Crippen MR) is 83.9 cm³/mol. The highest BCUT2D eigenvalue weighted by molar-refractivity contribution is 5.90. The third-order valence-corrected chi connectivity index (χ3v) is 3.88. The normalized spacial score (nSPS) is 17.1. The molecule has 3 nitrogen and oxygen atoms in total. The SMILES string of the molecule is CC(NC(=O)C1(N)CC1)c1cccc2ccccc12.Cl. The number of fused-ring (bicyclic) bond motifs is 1. The summed E-state index contributed by atoms with van der Waals surface area (Å²) in [6, 6.07) is 14.3. The summed E-state index contributed by atoms with van der Waals surface area (Å²) < 4.78 is 0. The zero-order valence-corrected chi connectivity index (χ0v) is 12.2. The lowest BCUT2D eigenvalue weighted by Gasteiger charge is -2.19. The zero-order valence-electron chi connectivity index (χ0n) is 11.4. The van der Waals surface area contributed by atoms with Crippen LogP contribution in [0.1, 0.15) is 31.4 Å². The molecule has 0 aliphatic heterocycles. The quantitative estimate of drug-likeness (QED) is 0.913. The fourth-order valence-electron chi connectivity index (χ4n) is 2.41. The van der Waals surface area contributed by atoms with Crippen LogP contribution in [0.15, 0.2) is 42.5 Å². The Bertz CT molecular complexity index is 632. The lowest BCUT2D eigenvalue weighted by Crippen LogP contribution is -2.43. The van der Waals surface area contributed by atoms with Crippen LogP contribution in [0.4, 0.5) is 0 Å². The van der Waals surface area contributed by atoms with Gasteiger partial charge in [-0.3, -0.25) is 4.79 Å². The van der Waals surface area contributed by atoms with Gasteiger partial charge in [0.2, 0.25) is 5.91 Å². The highest BCUT2D eigenvalue weighted by atomic mass is 35.5. The molecule has 106 valence electrons. The number of rotatable bonds is 3. The minimum Gasteiger partial charge on any atom is -0.348 e. The van der Waals surface area contributed by atoms with Crippen LogP contribution in [0.3, 0.4) is 0 Å². The maximum atomic E-state index is 12.0.